The molecule has 2 atom stereocenters. The number of aryl methyl sites for hydroxylation is 1. The van der Waals surface area contributed by atoms with Crippen molar-refractivity contribution in [3.8, 4) is 0 Å². The molecule has 1 unspecified atom stereocenters. The number of primary amides is 1. The molecule has 5 heteroatoms. The number of carbonyl (C=O) groups excluding carboxylic acids is 2. The predicted molar refractivity (Wildman–Crippen MR) is 81.9 cm³/mol. The molecule has 1 aromatic carbocycles. The Bertz CT molecular complexity index is 516. The van der Waals surface area contributed by atoms with E-state index in [1.807, 2.05) is 24.3 Å². The summed E-state index contributed by atoms with van der Waals surface area (Å²) in [4.78, 5) is 24.5. The van der Waals surface area contributed by atoms with Gasteiger partial charge in [0.25, 0.3) is 5.91 Å². The molecule has 1 heterocycles. The summed E-state index contributed by atoms with van der Waals surface area (Å²) in [7, 11) is 0. The Morgan fingerprint density at radius 1 is 1.43 bits per heavy atom. The molecule has 0 aromatic heterocycles. The van der Waals surface area contributed by atoms with Gasteiger partial charge in [0.2, 0.25) is 5.91 Å². The predicted octanol–water partition coefficient (Wildman–Crippen LogP) is -0.0323. The fourth-order valence-corrected chi connectivity index (χ4v) is 2.86. The van der Waals surface area contributed by atoms with Crippen molar-refractivity contribution in [3.05, 3.63) is 29.8 Å². The zero-order valence-electron chi connectivity index (χ0n) is 12.5. The number of benzene rings is 1. The summed E-state index contributed by atoms with van der Waals surface area (Å²) in [5, 5.41) is 2.93. The lowest BCUT2D eigenvalue weighted by Crippen LogP contribution is -3.14. The Hall–Kier alpha value is -1.88. The zero-order valence-corrected chi connectivity index (χ0v) is 12.5. The second-order valence-electron chi connectivity index (χ2n) is 5.72. The van der Waals surface area contributed by atoms with Gasteiger partial charge in [-0.3, -0.25) is 9.59 Å². The molecule has 114 valence electrons. The number of nitrogens with one attached hydrogen (secondary N) is 2. The van der Waals surface area contributed by atoms with Gasteiger partial charge in [0.1, 0.15) is 0 Å². The summed E-state index contributed by atoms with van der Waals surface area (Å²) >= 11 is 0. The highest BCUT2D eigenvalue weighted by Gasteiger charge is 2.28. The first kappa shape index (κ1) is 15.5. The monoisotopic (exact) mass is 290 g/mol. The van der Waals surface area contributed by atoms with Gasteiger partial charge in [-0.05, 0) is 37.0 Å². The lowest BCUT2D eigenvalue weighted by molar-refractivity contribution is -0.899. The van der Waals surface area contributed by atoms with Gasteiger partial charge >= 0.3 is 0 Å². The average molecular weight is 290 g/mol. The summed E-state index contributed by atoms with van der Waals surface area (Å²) in [5.74, 6) is -0.350. The summed E-state index contributed by atoms with van der Waals surface area (Å²) in [6, 6.07) is 7.89. The summed E-state index contributed by atoms with van der Waals surface area (Å²) in [6.45, 7) is 4.06. The molecule has 1 aliphatic heterocycles. The first-order chi connectivity index (χ1) is 10.1. The van der Waals surface area contributed by atoms with Gasteiger partial charge in [0.05, 0.1) is 19.0 Å². The molecule has 0 aliphatic carbocycles. The minimum Gasteiger partial charge on any atom is -0.369 e. The van der Waals surface area contributed by atoms with Crippen LogP contribution in [0.4, 0.5) is 5.69 Å². The van der Waals surface area contributed by atoms with E-state index in [-0.39, 0.29) is 17.7 Å². The molecule has 2 rings (SSSR count). The fraction of sp³-hybridized carbons (Fsp3) is 0.500. The Kier molecular flexibility index (Phi) is 5.33. The van der Waals surface area contributed by atoms with Crippen molar-refractivity contribution in [1.82, 2.24) is 0 Å². The van der Waals surface area contributed by atoms with Gasteiger partial charge in [-0.15, -0.1) is 0 Å². The van der Waals surface area contributed by atoms with E-state index in [4.69, 9.17) is 5.73 Å². The van der Waals surface area contributed by atoms with Gasteiger partial charge in [0, 0.05) is 5.69 Å². The Balaban J connectivity index is 1.87. The van der Waals surface area contributed by atoms with E-state index in [2.05, 4.69) is 12.2 Å². The van der Waals surface area contributed by atoms with Crippen LogP contribution in [0, 0.1) is 5.92 Å². The number of amides is 2. The van der Waals surface area contributed by atoms with Gasteiger partial charge in [0.15, 0.2) is 6.54 Å². The van der Waals surface area contributed by atoms with Gasteiger partial charge in [-0.2, -0.15) is 0 Å². The van der Waals surface area contributed by atoms with Crippen molar-refractivity contribution in [2.24, 2.45) is 11.7 Å². The molecule has 0 radical (unpaired) electrons. The SMILES string of the molecule is CCc1cccc(NC(=O)C[NH+]2CCC[C@H](C(N)=O)C2)c1. The van der Waals surface area contributed by atoms with Crippen LogP contribution >= 0.6 is 0 Å². The molecule has 4 N–H and O–H groups in total. The Morgan fingerprint density at radius 3 is 2.95 bits per heavy atom. The third kappa shape index (κ3) is 4.56. The van der Waals surface area contributed by atoms with E-state index in [0.29, 0.717) is 13.1 Å². The minimum atomic E-state index is -0.247. The average Bonchev–Trinajstić information content (AvgIpc) is 2.47. The molecule has 5 nitrogen and oxygen atoms in total. The fourth-order valence-electron chi connectivity index (χ4n) is 2.86. The van der Waals surface area contributed by atoms with E-state index in [0.717, 1.165) is 36.4 Å². The number of hydrogen-bond acceptors (Lipinski definition) is 2. The molecule has 1 aromatic rings. The van der Waals surface area contributed by atoms with Crippen molar-refractivity contribution in [2.75, 3.05) is 25.0 Å². The van der Waals surface area contributed by atoms with Crippen molar-refractivity contribution in [1.29, 1.82) is 0 Å². The Labute approximate surface area is 125 Å². The van der Waals surface area contributed by atoms with Crippen LogP contribution in [-0.2, 0) is 16.0 Å². The molecular formula is C16H24N3O2+. The first-order valence-corrected chi connectivity index (χ1v) is 7.60. The number of hydrogen-bond donors (Lipinski definition) is 3. The maximum Gasteiger partial charge on any atom is 0.279 e. The lowest BCUT2D eigenvalue weighted by atomic mass is 9.97. The maximum atomic E-state index is 12.1. The summed E-state index contributed by atoms with van der Waals surface area (Å²) < 4.78 is 0. The summed E-state index contributed by atoms with van der Waals surface area (Å²) in [5.41, 5.74) is 7.40. The van der Waals surface area contributed by atoms with Crippen molar-refractivity contribution < 1.29 is 14.5 Å². The number of rotatable bonds is 5. The number of quaternary nitrogens is 1. The lowest BCUT2D eigenvalue weighted by Gasteiger charge is -2.27. The number of piperidine rings is 1. The van der Waals surface area contributed by atoms with Gasteiger partial charge in [-0.25, -0.2) is 0 Å². The maximum absolute atomic E-state index is 12.1. The Morgan fingerprint density at radius 2 is 2.24 bits per heavy atom. The third-order valence-corrected chi connectivity index (χ3v) is 4.05. The molecule has 0 spiro atoms. The van der Waals surface area contributed by atoms with Crippen molar-refractivity contribution >= 4 is 17.5 Å². The van der Waals surface area contributed by atoms with Crippen molar-refractivity contribution in [2.45, 2.75) is 26.2 Å². The van der Waals surface area contributed by atoms with E-state index in [1.54, 1.807) is 0 Å². The summed E-state index contributed by atoms with van der Waals surface area (Å²) in [6.07, 6.45) is 2.74. The van der Waals surface area contributed by atoms with Crippen LogP contribution in [0.2, 0.25) is 0 Å². The smallest absolute Gasteiger partial charge is 0.279 e. The normalized spacial score (nSPS) is 21.8. The molecule has 2 amide bonds. The molecule has 21 heavy (non-hydrogen) atoms. The standard InChI is InChI=1S/C16H23N3O2/c1-2-12-5-3-7-14(9-12)18-15(20)11-19-8-4-6-13(10-19)16(17)21/h3,5,7,9,13H,2,4,6,8,10-11H2,1H3,(H2,17,21)(H,18,20)/p+1/t13-/m0/s1. The third-order valence-electron chi connectivity index (χ3n) is 4.05. The van der Waals surface area contributed by atoms with Crippen LogP contribution in [0.1, 0.15) is 25.3 Å². The highest BCUT2D eigenvalue weighted by atomic mass is 16.2. The quantitative estimate of drug-likeness (QED) is 0.712. The van der Waals surface area contributed by atoms with Gasteiger partial charge < -0.3 is 16.0 Å². The highest BCUT2D eigenvalue weighted by Crippen LogP contribution is 2.11. The van der Waals surface area contributed by atoms with Crippen LogP contribution in [0.5, 0.6) is 0 Å². The second kappa shape index (κ2) is 7.22. The largest absolute Gasteiger partial charge is 0.369 e. The minimum absolute atomic E-state index is 0.0108. The zero-order chi connectivity index (χ0) is 15.2. The topological polar surface area (TPSA) is 76.6 Å². The highest BCUT2D eigenvalue weighted by molar-refractivity contribution is 5.91. The molecular weight excluding hydrogens is 266 g/mol. The van der Waals surface area contributed by atoms with Gasteiger partial charge in [-0.1, -0.05) is 19.1 Å². The van der Waals surface area contributed by atoms with Crippen LogP contribution in [0.3, 0.4) is 0 Å². The second-order valence-corrected chi connectivity index (χ2v) is 5.72. The molecule has 0 saturated carbocycles. The van der Waals surface area contributed by atoms with Crippen LogP contribution < -0.4 is 16.0 Å². The first-order valence-electron chi connectivity index (χ1n) is 7.60. The number of likely N-dealkylation sites (tertiary alicyclic amines) is 1. The van der Waals surface area contributed by atoms with E-state index >= 15 is 0 Å². The van der Waals surface area contributed by atoms with E-state index in [9.17, 15) is 9.59 Å². The molecule has 1 aliphatic rings. The number of carbonyl (C=O) groups is 2. The molecule has 0 bridgehead atoms. The molecule has 1 saturated heterocycles. The van der Waals surface area contributed by atoms with Crippen LogP contribution in [0.15, 0.2) is 24.3 Å². The number of anilines is 1. The van der Waals surface area contributed by atoms with Crippen LogP contribution in [-0.4, -0.2) is 31.4 Å². The number of nitrogens with two attached hydrogens (primary N) is 1. The molecule has 1 fully saturated rings. The van der Waals surface area contributed by atoms with E-state index in [1.165, 1.54) is 5.56 Å². The van der Waals surface area contributed by atoms with Crippen LogP contribution in [0.25, 0.3) is 0 Å². The van der Waals surface area contributed by atoms with Crippen molar-refractivity contribution in [3.63, 3.8) is 0 Å². The van der Waals surface area contributed by atoms with E-state index < -0.39 is 0 Å².